The van der Waals surface area contributed by atoms with Crippen LogP contribution in [0, 0.1) is 6.92 Å². The molecule has 0 aliphatic heterocycles. The van der Waals surface area contributed by atoms with Crippen LogP contribution in [-0.2, 0) is 6.61 Å². The summed E-state index contributed by atoms with van der Waals surface area (Å²) in [6.07, 6.45) is 3.73. The summed E-state index contributed by atoms with van der Waals surface area (Å²) in [5, 5.41) is 4.04. The molecule has 5 nitrogen and oxygen atoms in total. The average molecular weight is 398 g/mol. The summed E-state index contributed by atoms with van der Waals surface area (Å²) >= 11 is 0. The third-order valence-electron chi connectivity index (χ3n) is 4.58. The van der Waals surface area contributed by atoms with E-state index in [0.29, 0.717) is 18.3 Å². The highest BCUT2D eigenvalue weighted by molar-refractivity contribution is 5.68. The molecule has 0 saturated heterocycles. The second-order valence-corrected chi connectivity index (χ2v) is 6.83. The fourth-order valence-corrected chi connectivity index (χ4v) is 3.06. The zero-order valence-corrected chi connectivity index (χ0v) is 16.9. The molecule has 5 heteroatoms. The van der Waals surface area contributed by atoms with E-state index < -0.39 is 0 Å². The number of hydrogen-bond acceptors (Lipinski definition) is 5. The summed E-state index contributed by atoms with van der Waals surface area (Å²) in [6.45, 7) is 2.45. The van der Waals surface area contributed by atoms with E-state index in [-0.39, 0.29) is 0 Å². The van der Waals surface area contributed by atoms with Crippen molar-refractivity contribution in [3.05, 3.63) is 95.4 Å². The van der Waals surface area contributed by atoms with Crippen LogP contribution in [0.3, 0.4) is 0 Å². The Kier molecular flexibility index (Phi) is 5.90. The van der Waals surface area contributed by atoms with E-state index in [9.17, 15) is 0 Å². The smallest absolute Gasteiger partial charge is 0.250 e. The summed E-state index contributed by atoms with van der Waals surface area (Å²) in [6, 6.07) is 23.6. The van der Waals surface area contributed by atoms with Crippen molar-refractivity contribution < 1.29 is 14.0 Å². The third kappa shape index (κ3) is 4.75. The Morgan fingerprint density at radius 3 is 2.60 bits per heavy atom. The Hall–Kier alpha value is -3.86. The lowest BCUT2D eigenvalue weighted by molar-refractivity contribution is 0.296. The highest BCUT2D eigenvalue weighted by Gasteiger charge is 2.07. The number of nitrogens with zero attached hydrogens (tertiary/aromatic N) is 2. The van der Waals surface area contributed by atoms with Crippen molar-refractivity contribution in [3.8, 4) is 22.9 Å². The van der Waals surface area contributed by atoms with E-state index in [0.717, 1.165) is 33.8 Å². The molecule has 150 valence electrons. The van der Waals surface area contributed by atoms with Gasteiger partial charge in [0.25, 0.3) is 5.89 Å². The van der Waals surface area contributed by atoms with Crippen LogP contribution in [0.25, 0.3) is 23.5 Å². The molecule has 0 fully saturated rings. The molecule has 0 aliphatic carbocycles. The Bertz CT molecular complexity index is 1150. The first-order chi connectivity index (χ1) is 14.7. The van der Waals surface area contributed by atoms with Gasteiger partial charge in [-0.1, -0.05) is 53.7 Å². The van der Waals surface area contributed by atoms with Crippen LogP contribution in [0.1, 0.15) is 22.6 Å². The maximum Gasteiger partial charge on any atom is 0.250 e. The molecule has 30 heavy (non-hydrogen) atoms. The minimum Gasteiger partial charge on any atom is -0.496 e. The molecule has 1 heterocycles. The predicted octanol–water partition coefficient (Wildman–Crippen LogP) is 5.80. The minimum absolute atomic E-state index is 0.410. The number of aromatic nitrogens is 2. The van der Waals surface area contributed by atoms with Gasteiger partial charge in [-0.2, -0.15) is 4.98 Å². The maximum atomic E-state index is 5.94. The Morgan fingerprint density at radius 2 is 1.80 bits per heavy atom. The first kappa shape index (κ1) is 19.5. The molecule has 0 atom stereocenters. The van der Waals surface area contributed by atoms with Gasteiger partial charge < -0.3 is 14.0 Å². The second kappa shape index (κ2) is 9.09. The lowest BCUT2D eigenvalue weighted by Crippen LogP contribution is -1.99. The van der Waals surface area contributed by atoms with Crippen molar-refractivity contribution in [2.75, 3.05) is 7.11 Å². The number of methoxy groups -OCH3 is 1. The molecule has 0 saturated carbocycles. The molecule has 0 spiro atoms. The van der Waals surface area contributed by atoms with Gasteiger partial charge >= 0.3 is 0 Å². The molecule has 0 aliphatic rings. The van der Waals surface area contributed by atoms with E-state index in [1.165, 1.54) is 0 Å². The van der Waals surface area contributed by atoms with Gasteiger partial charge in [0.1, 0.15) is 18.1 Å². The van der Waals surface area contributed by atoms with Crippen LogP contribution in [-0.4, -0.2) is 17.3 Å². The Morgan fingerprint density at radius 1 is 0.933 bits per heavy atom. The molecule has 4 rings (SSSR count). The largest absolute Gasteiger partial charge is 0.496 e. The van der Waals surface area contributed by atoms with Gasteiger partial charge in [0, 0.05) is 17.2 Å². The van der Waals surface area contributed by atoms with Gasteiger partial charge in [-0.3, -0.25) is 0 Å². The SMILES string of the molecule is COc1ccc(/C=C\c2nc(-c3ccccc3)no2)cc1COc1cccc(C)c1. The molecule has 0 amide bonds. The van der Waals surface area contributed by atoms with Crippen molar-refractivity contribution in [2.45, 2.75) is 13.5 Å². The van der Waals surface area contributed by atoms with Crippen LogP contribution in [0.2, 0.25) is 0 Å². The van der Waals surface area contributed by atoms with Gasteiger partial charge in [0.15, 0.2) is 0 Å². The topological polar surface area (TPSA) is 57.4 Å². The first-order valence-corrected chi connectivity index (χ1v) is 9.65. The van der Waals surface area contributed by atoms with Gasteiger partial charge in [-0.15, -0.1) is 0 Å². The van der Waals surface area contributed by atoms with Gasteiger partial charge in [0.05, 0.1) is 7.11 Å². The molecule has 4 aromatic rings. The van der Waals surface area contributed by atoms with Crippen molar-refractivity contribution in [1.82, 2.24) is 10.1 Å². The fourth-order valence-electron chi connectivity index (χ4n) is 3.06. The fraction of sp³-hybridized carbons (Fsp3) is 0.120. The van der Waals surface area contributed by atoms with Crippen LogP contribution in [0.4, 0.5) is 0 Å². The summed E-state index contributed by atoms with van der Waals surface area (Å²) in [4.78, 5) is 4.42. The van der Waals surface area contributed by atoms with E-state index in [4.69, 9.17) is 14.0 Å². The molecule has 1 aromatic heterocycles. The van der Waals surface area contributed by atoms with E-state index in [1.54, 1.807) is 13.2 Å². The highest BCUT2D eigenvalue weighted by Crippen LogP contribution is 2.24. The molecule has 3 aromatic carbocycles. The second-order valence-electron chi connectivity index (χ2n) is 6.83. The summed E-state index contributed by atoms with van der Waals surface area (Å²) in [7, 11) is 1.66. The third-order valence-corrected chi connectivity index (χ3v) is 4.58. The number of benzene rings is 3. The zero-order chi connectivity index (χ0) is 20.8. The van der Waals surface area contributed by atoms with Crippen LogP contribution in [0.15, 0.2) is 77.3 Å². The number of aryl methyl sites for hydroxylation is 1. The quantitative estimate of drug-likeness (QED) is 0.394. The molecular formula is C25H22N2O3. The predicted molar refractivity (Wildman–Crippen MR) is 117 cm³/mol. The highest BCUT2D eigenvalue weighted by atomic mass is 16.5. The van der Waals surface area contributed by atoms with Gasteiger partial charge in [0.2, 0.25) is 5.82 Å². The van der Waals surface area contributed by atoms with Crippen LogP contribution in [0.5, 0.6) is 11.5 Å². The summed E-state index contributed by atoms with van der Waals surface area (Å²) < 4.78 is 16.8. The Labute approximate surface area is 175 Å². The average Bonchev–Trinajstić information content (AvgIpc) is 3.26. The summed E-state index contributed by atoms with van der Waals surface area (Å²) in [5.41, 5.74) is 4.02. The van der Waals surface area contributed by atoms with Crippen molar-refractivity contribution in [3.63, 3.8) is 0 Å². The first-order valence-electron chi connectivity index (χ1n) is 9.65. The molecule has 0 radical (unpaired) electrons. The van der Waals surface area contributed by atoms with Crippen molar-refractivity contribution in [1.29, 1.82) is 0 Å². The number of rotatable bonds is 7. The van der Waals surface area contributed by atoms with Crippen LogP contribution >= 0.6 is 0 Å². The van der Waals surface area contributed by atoms with Crippen LogP contribution < -0.4 is 9.47 Å². The summed E-state index contributed by atoms with van der Waals surface area (Å²) in [5.74, 6) is 2.63. The molecule has 0 N–H and O–H groups in total. The standard InChI is InChI=1S/C25H22N2O3/c1-18-7-6-10-22(15-18)29-17-21-16-19(11-13-23(21)28-2)12-14-24-26-25(27-30-24)20-8-4-3-5-9-20/h3-16H,17H2,1-2H3/b14-12-. The van der Waals surface area contributed by atoms with E-state index >= 15 is 0 Å². The van der Waals surface area contributed by atoms with Crippen molar-refractivity contribution in [2.24, 2.45) is 0 Å². The Balaban J connectivity index is 1.49. The van der Waals surface area contributed by atoms with Gasteiger partial charge in [-0.25, -0.2) is 0 Å². The molecule has 0 unspecified atom stereocenters. The van der Waals surface area contributed by atoms with E-state index in [1.807, 2.05) is 85.8 Å². The van der Waals surface area contributed by atoms with Gasteiger partial charge in [-0.05, 0) is 48.4 Å². The van der Waals surface area contributed by atoms with E-state index in [2.05, 4.69) is 10.1 Å². The number of hydrogen-bond donors (Lipinski definition) is 0. The minimum atomic E-state index is 0.410. The zero-order valence-electron chi connectivity index (χ0n) is 16.9. The monoisotopic (exact) mass is 398 g/mol. The lowest BCUT2D eigenvalue weighted by atomic mass is 10.1. The maximum absolute atomic E-state index is 5.94. The lowest BCUT2D eigenvalue weighted by Gasteiger charge is -2.11. The normalized spacial score (nSPS) is 11.0. The molecular weight excluding hydrogens is 376 g/mol. The number of ether oxygens (including phenoxy) is 2. The molecule has 0 bridgehead atoms. The van der Waals surface area contributed by atoms with Crippen molar-refractivity contribution >= 4 is 12.2 Å².